The molecule has 1 aromatic carbocycles. The number of pyridine rings is 1. The van der Waals surface area contributed by atoms with Crippen LogP contribution in [-0.2, 0) is 9.53 Å². The average Bonchev–Trinajstić information content (AvgIpc) is 3.24. The van der Waals surface area contributed by atoms with E-state index in [2.05, 4.69) is 15.0 Å². The molecule has 1 saturated heterocycles. The number of carbonyl (C=O) groups is 2. The third kappa shape index (κ3) is 11.6. The van der Waals surface area contributed by atoms with Gasteiger partial charge in [-0.2, -0.15) is 4.39 Å². The number of methoxy groups -OCH3 is 1. The van der Waals surface area contributed by atoms with E-state index in [1.807, 2.05) is 20.8 Å². The molecule has 0 bridgehead atoms. The van der Waals surface area contributed by atoms with E-state index in [1.165, 1.54) is 31.5 Å². The lowest BCUT2D eigenvalue weighted by Gasteiger charge is -2.11. The van der Waals surface area contributed by atoms with Crippen LogP contribution >= 0.6 is 0 Å². The summed E-state index contributed by atoms with van der Waals surface area (Å²) in [5.74, 6) is -2.73. The number of nitrogens with zero attached hydrogens (tertiary/aromatic N) is 1. The lowest BCUT2D eigenvalue weighted by Crippen LogP contribution is -2.28. The van der Waals surface area contributed by atoms with Gasteiger partial charge in [0.2, 0.25) is 12.2 Å². The van der Waals surface area contributed by atoms with Crippen LogP contribution in [0.25, 0.3) is 0 Å². The highest BCUT2D eigenvalue weighted by atomic mass is 19.3. The van der Waals surface area contributed by atoms with Crippen molar-refractivity contribution in [1.82, 2.24) is 4.98 Å². The van der Waals surface area contributed by atoms with Crippen molar-refractivity contribution >= 4 is 17.5 Å². The third-order valence-corrected chi connectivity index (χ3v) is 3.94. The van der Waals surface area contributed by atoms with Crippen LogP contribution in [0.3, 0.4) is 0 Å². The molecule has 7 nitrogen and oxygen atoms in total. The molecule has 2 heterocycles. The SMILES string of the molecule is CC.CC(F)F.CC1CCC(C(=O)Nc2ccnc(C(N)=O)c2)O1.COc1cccc(F)c1F. The van der Waals surface area contributed by atoms with Gasteiger partial charge in [0.15, 0.2) is 11.6 Å². The highest BCUT2D eigenvalue weighted by Crippen LogP contribution is 2.20. The van der Waals surface area contributed by atoms with Gasteiger partial charge in [-0.25, -0.2) is 13.2 Å². The summed E-state index contributed by atoms with van der Waals surface area (Å²) in [4.78, 5) is 26.6. The first kappa shape index (κ1) is 30.8. The van der Waals surface area contributed by atoms with Crippen LogP contribution in [0.2, 0.25) is 0 Å². The van der Waals surface area contributed by atoms with Gasteiger partial charge in [-0.3, -0.25) is 14.6 Å². The molecule has 0 radical (unpaired) electrons. The molecule has 1 aliphatic heterocycles. The van der Waals surface area contributed by atoms with E-state index in [1.54, 1.807) is 6.07 Å². The largest absolute Gasteiger partial charge is 0.494 e. The fraction of sp³-hybridized carbons (Fsp3) is 0.435. The minimum Gasteiger partial charge on any atom is -0.494 e. The first-order valence-electron chi connectivity index (χ1n) is 10.5. The summed E-state index contributed by atoms with van der Waals surface area (Å²) in [6.07, 6.45) is 0.528. The molecule has 2 atom stereocenters. The van der Waals surface area contributed by atoms with Crippen LogP contribution in [-0.4, -0.2) is 42.5 Å². The molecule has 1 aromatic heterocycles. The Hall–Kier alpha value is -3.21. The Morgan fingerprint density at radius 2 is 1.82 bits per heavy atom. The molecule has 2 unspecified atom stereocenters. The van der Waals surface area contributed by atoms with Gasteiger partial charge >= 0.3 is 0 Å². The molecular weight excluding hydrogens is 458 g/mol. The average molecular weight is 490 g/mol. The monoisotopic (exact) mass is 489 g/mol. The smallest absolute Gasteiger partial charge is 0.267 e. The van der Waals surface area contributed by atoms with E-state index < -0.39 is 30.1 Å². The van der Waals surface area contributed by atoms with Gasteiger partial charge in [0.25, 0.3) is 11.8 Å². The first-order chi connectivity index (χ1) is 16.0. The summed E-state index contributed by atoms with van der Waals surface area (Å²) >= 11 is 0. The maximum Gasteiger partial charge on any atom is 0.267 e. The van der Waals surface area contributed by atoms with Gasteiger partial charge < -0.3 is 20.5 Å². The van der Waals surface area contributed by atoms with Crippen LogP contribution in [0.15, 0.2) is 36.5 Å². The fourth-order valence-electron chi connectivity index (χ4n) is 2.50. The zero-order valence-electron chi connectivity index (χ0n) is 19.8. The van der Waals surface area contributed by atoms with Crippen molar-refractivity contribution in [3.63, 3.8) is 0 Å². The van der Waals surface area contributed by atoms with Crippen LogP contribution < -0.4 is 15.8 Å². The van der Waals surface area contributed by atoms with Gasteiger partial charge in [0.1, 0.15) is 11.8 Å². The van der Waals surface area contributed by atoms with Crippen molar-refractivity contribution in [2.45, 2.75) is 59.2 Å². The molecule has 1 aliphatic rings. The Kier molecular flexibility index (Phi) is 14.9. The molecule has 0 aliphatic carbocycles. The van der Waals surface area contributed by atoms with Crippen molar-refractivity contribution in [2.75, 3.05) is 12.4 Å². The molecule has 2 amide bonds. The van der Waals surface area contributed by atoms with E-state index in [-0.39, 0.29) is 23.5 Å². The van der Waals surface area contributed by atoms with E-state index in [9.17, 15) is 27.2 Å². The summed E-state index contributed by atoms with van der Waals surface area (Å²) in [6, 6.07) is 6.83. The number of halogens is 4. The second-order valence-electron chi connectivity index (χ2n) is 6.57. The molecule has 0 saturated carbocycles. The minimum atomic E-state index is -2.17. The number of primary amides is 1. The molecule has 190 valence electrons. The van der Waals surface area contributed by atoms with Gasteiger partial charge in [0.05, 0.1) is 13.2 Å². The lowest BCUT2D eigenvalue weighted by atomic mass is 10.2. The number of nitrogens with one attached hydrogen (secondary N) is 1. The van der Waals surface area contributed by atoms with Gasteiger partial charge in [-0.15, -0.1) is 0 Å². The second kappa shape index (κ2) is 16.4. The lowest BCUT2D eigenvalue weighted by molar-refractivity contribution is -0.126. The summed E-state index contributed by atoms with van der Waals surface area (Å²) in [5, 5.41) is 2.69. The summed E-state index contributed by atoms with van der Waals surface area (Å²) < 4.78 is 55.4. The normalized spacial score (nSPS) is 16.1. The quantitative estimate of drug-likeness (QED) is 0.591. The first-order valence-corrected chi connectivity index (χ1v) is 10.5. The summed E-state index contributed by atoms with van der Waals surface area (Å²) in [6.45, 7) is 6.77. The summed E-state index contributed by atoms with van der Waals surface area (Å²) in [5.41, 5.74) is 5.73. The van der Waals surface area contributed by atoms with Crippen LogP contribution in [0.4, 0.5) is 23.2 Å². The molecule has 3 N–H and O–H groups in total. The highest BCUT2D eigenvalue weighted by molar-refractivity contribution is 5.96. The van der Waals surface area contributed by atoms with E-state index in [0.29, 0.717) is 12.1 Å². The van der Waals surface area contributed by atoms with Gasteiger partial charge in [-0.05, 0) is 51.0 Å². The zero-order valence-corrected chi connectivity index (χ0v) is 19.8. The number of nitrogens with two attached hydrogens (primary N) is 1. The van der Waals surface area contributed by atoms with Crippen molar-refractivity contribution in [3.8, 4) is 5.75 Å². The predicted octanol–water partition coefficient (Wildman–Crippen LogP) is 4.96. The molecule has 1 fully saturated rings. The van der Waals surface area contributed by atoms with Crippen molar-refractivity contribution < 1.29 is 36.6 Å². The van der Waals surface area contributed by atoms with Crippen LogP contribution in [0.5, 0.6) is 5.75 Å². The maximum absolute atomic E-state index is 12.5. The Balaban J connectivity index is 0.000000573. The molecule has 0 spiro atoms. The van der Waals surface area contributed by atoms with Crippen molar-refractivity contribution in [1.29, 1.82) is 0 Å². The summed E-state index contributed by atoms with van der Waals surface area (Å²) in [7, 11) is 1.29. The van der Waals surface area contributed by atoms with Crippen molar-refractivity contribution in [2.24, 2.45) is 5.73 Å². The molecule has 2 aromatic rings. The van der Waals surface area contributed by atoms with E-state index >= 15 is 0 Å². The molecule has 34 heavy (non-hydrogen) atoms. The number of rotatable bonds is 4. The number of aromatic nitrogens is 1. The van der Waals surface area contributed by atoms with Gasteiger partial charge in [-0.1, -0.05) is 19.9 Å². The Bertz CT molecular complexity index is 898. The third-order valence-electron chi connectivity index (χ3n) is 3.94. The Labute approximate surface area is 196 Å². The van der Waals surface area contributed by atoms with E-state index in [0.717, 1.165) is 19.4 Å². The van der Waals surface area contributed by atoms with Crippen LogP contribution in [0.1, 0.15) is 51.0 Å². The minimum absolute atomic E-state index is 0.0694. The Morgan fingerprint density at radius 1 is 1.21 bits per heavy atom. The van der Waals surface area contributed by atoms with Crippen LogP contribution in [0, 0.1) is 11.6 Å². The van der Waals surface area contributed by atoms with Crippen molar-refractivity contribution in [3.05, 3.63) is 53.9 Å². The van der Waals surface area contributed by atoms with Gasteiger partial charge in [0, 0.05) is 11.9 Å². The Morgan fingerprint density at radius 3 is 2.29 bits per heavy atom. The molecular formula is C23H31F4N3O4. The number of amides is 2. The highest BCUT2D eigenvalue weighted by Gasteiger charge is 2.28. The molecule has 3 rings (SSSR count). The topological polar surface area (TPSA) is 104 Å². The van der Waals surface area contributed by atoms with E-state index in [4.69, 9.17) is 10.5 Å². The molecule has 11 heteroatoms. The second-order valence-corrected chi connectivity index (χ2v) is 6.57. The predicted molar refractivity (Wildman–Crippen MR) is 121 cm³/mol. The number of ether oxygens (including phenoxy) is 2. The number of benzene rings is 1. The number of anilines is 1. The fourth-order valence-corrected chi connectivity index (χ4v) is 2.50. The number of hydrogen-bond acceptors (Lipinski definition) is 5. The number of carbonyl (C=O) groups excluding carboxylic acids is 2. The number of hydrogen-bond donors (Lipinski definition) is 2. The standard InChI is InChI=1S/C12H15N3O3.C7H6F2O.C2H4F2.C2H6/c1-7-2-3-10(18-7)12(17)15-8-4-5-14-9(6-8)11(13)16;1-10-6-4-2-3-5(8)7(6)9;1-2(3)4;1-2/h4-7,10H,2-3H2,1H3,(H2,13,16)(H,14,15,17);2-4H,1H3;2H,1H3;1-2H3. The zero-order chi connectivity index (χ0) is 26.3. The maximum atomic E-state index is 12.5. The number of alkyl halides is 2.